The molecule has 2 fully saturated rings. The van der Waals surface area contributed by atoms with Crippen LogP contribution in [0.4, 0.5) is 32.0 Å². The minimum absolute atomic E-state index is 0.0240. The Morgan fingerprint density at radius 1 is 0.947 bits per heavy atom. The summed E-state index contributed by atoms with van der Waals surface area (Å²) in [5, 5.41) is 17.2. The van der Waals surface area contributed by atoms with Crippen LogP contribution < -0.4 is 5.32 Å². The summed E-state index contributed by atoms with van der Waals surface area (Å²) in [5.41, 5.74) is 2.04. The van der Waals surface area contributed by atoms with Crippen LogP contribution in [0.15, 0.2) is 54.9 Å². The van der Waals surface area contributed by atoms with Crippen molar-refractivity contribution in [3.8, 4) is 0 Å². The van der Waals surface area contributed by atoms with E-state index in [4.69, 9.17) is 24.5 Å². The maximum absolute atomic E-state index is 12.6. The van der Waals surface area contributed by atoms with Crippen LogP contribution in [0.3, 0.4) is 0 Å². The summed E-state index contributed by atoms with van der Waals surface area (Å²) in [6, 6.07) is 14.1. The second kappa shape index (κ2) is 13.2. The van der Waals surface area contributed by atoms with Crippen LogP contribution in [-0.4, -0.2) is 75.6 Å². The van der Waals surface area contributed by atoms with E-state index in [9.17, 15) is 31.1 Å². The van der Waals surface area contributed by atoms with Crippen molar-refractivity contribution < 1.29 is 55.7 Å². The molecule has 3 heterocycles. The van der Waals surface area contributed by atoms with E-state index in [2.05, 4.69) is 39.5 Å². The highest BCUT2D eigenvalue weighted by Crippen LogP contribution is 2.33. The Labute approximate surface area is 212 Å². The van der Waals surface area contributed by atoms with Gasteiger partial charge in [-0.2, -0.15) is 26.3 Å². The zero-order valence-electron chi connectivity index (χ0n) is 19.4. The van der Waals surface area contributed by atoms with Gasteiger partial charge in [0.25, 0.3) is 0 Å². The first-order valence-electron chi connectivity index (χ1n) is 10.9. The van der Waals surface area contributed by atoms with Crippen LogP contribution in [0, 0.1) is 5.92 Å². The predicted octanol–water partition coefficient (Wildman–Crippen LogP) is 3.58. The van der Waals surface area contributed by atoms with Gasteiger partial charge in [0.2, 0.25) is 5.91 Å². The van der Waals surface area contributed by atoms with Crippen LogP contribution >= 0.6 is 0 Å². The number of aliphatic carboxylic acids is 2. The van der Waals surface area contributed by atoms with Gasteiger partial charge < -0.3 is 20.3 Å². The fraction of sp³-hybridized carbons (Fsp3) is 0.391. The van der Waals surface area contributed by atoms with E-state index in [-0.39, 0.29) is 24.0 Å². The maximum Gasteiger partial charge on any atom is 0.490 e. The van der Waals surface area contributed by atoms with Gasteiger partial charge in [-0.05, 0) is 24.1 Å². The lowest BCUT2D eigenvalue weighted by Gasteiger charge is -2.32. The summed E-state index contributed by atoms with van der Waals surface area (Å²) in [6.45, 7) is 2.60. The maximum atomic E-state index is 12.6. The van der Waals surface area contributed by atoms with E-state index in [1.165, 1.54) is 5.56 Å². The molecule has 2 aliphatic rings. The third-order valence-corrected chi connectivity index (χ3v) is 5.23. The van der Waals surface area contributed by atoms with Crippen molar-refractivity contribution in [1.29, 1.82) is 0 Å². The van der Waals surface area contributed by atoms with Gasteiger partial charge in [0, 0.05) is 25.8 Å². The number of anilines is 1. The van der Waals surface area contributed by atoms with Gasteiger partial charge in [-0.1, -0.05) is 30.3 Å². The number of halogens is 6. The number of alkyl halides is 6. The number of ether oxygens (including phenoxy) is 1. The van der Waals surface area contributed by atoms with Crippen molar-refractivity contribution in [3.05, 3.63) is 60.4 Å². The predicted molar refractivity (Wildman–Crippen MR) is 119 cm³/mol. The molecule has 9 nitrogen and oxygen atoms in total. The van der Waals surface area contributed by atoms with Crippen LogP contribution in [0.25, 0.3) is 0 Å². The number of hydrogen-bond donors (Lipinski definition) is 3. The molecule has 0 saturated carbocycles. The number of carboxylic acid groups (broad SMARTS) is 2. The van der Waals surface area contributed by atoms with Gasteiger partial charge in [0.15, 0.2) is 0 Å². The minimum Gasteiger partial charge on any atom is -0.475 e. The normalized spacial score (nSPS) is 20.7. The molecule has 1 aromatic carbocycles. The van der Waals surface area contributed by atoms with E-state index in [1.807, 2.05) is 18.2 Å². The molecular weight excluding hydrogens is 528 g/mol. The number of rotatable bonds is 4. The number of likely N-dealkylation sites (tertiary alicyclic amines) is 1. The Kier molecular flexibility index (Phi) is 10.6. The van der Waals surface area contributed by atoms with Gasteiger partial charge in [-0.25, -0.2) is 9.59 Å². The van der Waals surface area contributed by atoms with Crippen molar-refractivity contribution in [2.45, 2.75) is 37.5 Å². The number of nitrogens with one attached hydrogen (secondary N) is 1. The molecule has 1 amide bonds. The molecule has 3 N–H and O–H groups in total. The highest BCUT2D eigenvalue weighted by molar-refractivity contribution is 5.93. The number of carboxylic acids is 2. The number of carbonyl (C=O) groups is 3. The molecule has 38 heavy (non-hydrogen) atoms. The fourth-order valence-corrected chi connectivity index (χ4v) is 3.66. The summed E-state index contributed by atoms with van der Waals surface area (Å²) < 4.78 is 69.5. The lowest BCUT2D eigenvalue weighted by atomic mass is 9.99. The summed E-state index contributed by atoms with van der Waals surface area (Å²) in [5.74, 6) is -5.56. The number of fused-ring (bicyclic) bond motifs is 2. The van der Waals surface area contributed by atoms with Gasteiger partial charge in [-0.15, -0.1) is 0 Å². The van der Waals surface area contributed by atoms with Crippen molar-refractivity contribution in [1.82, 2.24) is 9.88 Å². The monoisotopic (exact) mass is 551 g/mol. The topological polar surface area (TPSA) is 129 Å². The molecular formula is C23H23F6N3O6. The number of hydrogen-bond acceptors (Lipinski definition) is 6. The zero-order valence-corrected chi connectivity index (χ0v) is 19.4. The first-order chi connectivity index (χ1) is 17.7. The van der Waals surface area contributed by atoms with Crippen LogP contribution in [0.2, 0.25) is 0 Å². The molecule has 2 aromatic rings. The average Bonchev–Trinajstić information content (AvgIpc) is 3.14. The van der Waals surface area contributed by atoms with E-state index in [0.29, 0.717) is 0 Å². The third-order valence-electron chi connectivity index (χ3n) is 5.23. The van der Waals surface area contributed by atoms with Gasteiger partial charge in [0.05, 0.1) is 30.0 Å². The van der Waals surface area contributed by atoms with E-state index in [1.54, 1.807) is 12.4 Å². The lowest BCUT2D eigenvalue weighted by molar-refractivity contribution is -0.193. The first-order valence-corrected chi connectivity index (χ1v) is 10.9. The quantitative estimate of drug-likeness (QED) is 0.492. The third kappa shape index (κ3) is 9.97. The molecule has 3 atom stereocenters. The van der Waals surface area contributed by atoms with Gasteiger partial charge in [-0.3, -0.25) is 14.7 Å². The van der Waals surface area contributed by atoms with Crippen molar-refractivity contribution in [2.75, 3.05) is 18.4 Å². The molecule has 1 aromatic heterocycles. The van der Waals surface area contributed by atoms with E-state index >= 15 is 0 Å². The molecule has 2 saturated heterocycles. The van der Waals surface area contributed by atoms with Crippen molar-refractivity contribution in [3.63, 3.8) is 0 Å². The number of nitrogens with zero attached hydrogens (tertiary/aromatic N) is 2. The van der Waals surface area contributed by atoms with E-state index in [0.717, 1.165) is 31.7 Å². The molecule has 2 bridgehead atoms. The summed E-state index contributed by atoms with van der Waals surface area (Å²) in [6.07, 6.45) is -5.88. The SMILES string of the molecule is O=C(Nc1cccnc1)C1CC2CN(Cc3ccccc3)CC1O2.O=C(O)C(F)(F)F.O=C(O)C(F)(F)F. The smallest absolute Gasteiger partial charge is 0.475 e. The fourth-order valence-electron chi connectivity index (χ4n) is 3.66. The Morgan fingerprint density at radius 3 is 2.03 bits per heavy atom. The molecule has 3 unspecified atom stereocenters. The summed E-state index contributed by atoms with van der Waals surface area (Å²) in [4.78, 5) is 36.8. The largest absolute Gasteiger partial charge is 0.490 e. The van der Waals surface area contributed by atoms with Crippen LogP contribution in [0.1, 0.15) is 12.0 Å². The summed E-state index contributed by atoms with van der Waals surface area (Å²) >= 11 is 0. The first kappa shape index (κ1) is 30.5. The standard InChI is InChI=1S/C19H21N3O2.2C2HF3O2/c23-19(21-15-7-4-8-20-10-15)17-9-16-12-22(13-18(17)24-16)11-14-5-2-1-3-6-14;2*3-2(4,5)1(6)7/h1-8,10,16-18H,9,11-13H2,(H,21,23);2*(H,6,7). The van der Waals surface area contributed by atoms with Crippen LogP contribution in [-0.2, 0) is 25.7 Å². The minimum atomic E-state index is -5.08. The molecule has 2 aliphatic heterocycles. The number of aromatic nitrogens is 1. The van der Waals surface area contributed by atoms with Crippen molar-refractivity contribution >= 4 is 23.5 Å². The lowest BCUT2D eigenvalue weighted by Crippen LogP contribution is -2.44. The summed E-state index contributed by atoms with van der Waals surface area (Å²) in [7, 11) is 0. The number of morpholine rings is 1. The van der Waals surface area contributed by atoms with Gasteiger partial charge in [0.1, 0.15) is 0 Å². The Balaban J connectivity index is 0.000000301. The molecule has 208 valence electrons. The second-order valence-corrected chi connectivity index (χ2v) is 8.16. The molecule has 4 rings (SSSR count). The zero-order chi connectivity index (χ0) is 28.5. The van der Waals surface area contributed by atoms with Gasteiger partial charge >= 0.3 is 24.3 Å². The number of amides is 1. The highest BCUT2D eigenvalue weighted by atomic mass is 19.4. The Hall–Kier alpha value is -3.72. The number of benzene rings is 1. The number of carbonyl (C=O) groups excluding carboxylic acids is 1. The molecule has 0 aliphatic carbocycles. The number of pyridine rings is 1. The van der Waals surface area contributed by atoms with E-state index < -0.39 is 24.3 Å². The second-order valence-electron chi connectivity index (χ2n) is 8.16. The molecule has 0 spiro atoms. The average molecular weight is 551 g/mol. The molecule has 0 radical (unpaired) electrons. The Morgan fingerprint density at radius 2 is 1.53 bits per heavy atom. The molecule has 15 heteroatoms. The Bertz CT molecular complexity index is 1040. The van der Waals surface area contributed by atoms with Crippen LogP contribution in [0.5, 0.6) is 0 Å². The highest BCUT2D eigenvalue weighted by Gasteiger charge is 2.44. The van der Waals surface area contributed by atoms with Crippen molar-refractivity contribution in [2.24, 2.45) is 5.92 Å².